The van der Waals surface area contributed by atoms with Crippen molar-refractivity contribution in [2.45, 2.75) is 32.4 Å². The second kappa shape index (κ2) is 2.28. The summed E-state index contributed by atoms with van der Waals surface area (Å²) in [4.78, 5) is 0. The van der Waals surface area contributed by atoms with Crippen molar-refractivity contribution in [2.24, 2.45) is 5.73 Å². The predicted octanol–water partition coefficient (Wildman–Crippen LogP) is 0.454. The lowest BCUT2D eigenvalue weighted by Gasteiger charge is -2.14. The summed E-state index contributed by atoms with van der Waals surface area (Å²) in [6.45, 7) is 3.60. The number of hydrogen-bond donors (Lipinski definition) is 2. The van der Waals surface area contributed by atoms with E-state index in [0.29, 0.717) is 6.42 Å². The SMILES string of the molecule is CCC[C@](C)(N)O. The molecule has 0 spiro atoms. The molecule has 0 amide bonds. The maximum Gasteiger partial charge on any atom is 0.110 e. The quantitative estimate of drug-likeness (QED) is 0.498. The molecule has 7 heavy (non-hydrogen) atoms. The first-order valence-corrected chi connectivity index (χ1v) is 2.57. The van der Waals surface area contributed by atoms with Crippen LogP contribution in [0.1, 0.15) is 26.7 Å². The summed E-state index contributed by atoms with van der Waals surface area (Å²) in [5.74, 6) is 0. The van der Waals surface area contributed by atoms with E-state index >= 15 is 0 Å². The van der Waals surface area contributed by atoms with Gasteiger partial charge in [-0.05, 0) is 13.3 Å². The first-order valence-electron chi connectivity index (χ1n) is 2.57. The largest absolute Gasteiger partial charge is 0.376 e. The highest BCUT2D eigenvalue weighted by Gasteiger charge is 2.08. The smallest absolute Gasteiger partial charge is 0.110 e. The molecule has 0 aliphatic heterocycles. The molecule has 0 bridgehead atoms. The summed E-state index contributed by atoms with van der Waals surface area (Å²) in [7, 11) is 0. The molecule has 2 heteroatoms. The lowest BCUT2D eigenvalue weighted by atomic mass is 10.1. The number of nitrogens with two attached hydrogens (primary N) is 1. The van der Waals surface area contributed by atoms with Crippen LogP contribution in [0.15, 0.2) is 0 Å². The fourth-order valence-electron chi connectivity index (χ4n) is 0.506. The van der Waals surface area contributed by atoms with Crippen molar-refractivity contribution in [2.75, 3.05) is 0 Å². The maximum atomic E-state index is 8.80. The maximum absolute atomic E-state index is 8.80. The first kappa shape index (κ1) is 6.92. The van der Waals surface area contributed by atoms with Gasteiger partial charge in [0.1, 0.15) is 5.72 Å². The number of hydrogen-bond acceptors (Lipinski definition) is 2. The fourth-order valence-corrected chi connectivity index (χ4v) is 0.506. The standard InChI is InChI=1S/C5H13NO/c1-3-4-5(2,6)7/h7H,3-4,6H2,1-2H3/t5-/m1/s1. The van der Waals surface area contributed by atoms with Gasteiger partial charge in [0.2, 0.25) is 0 Å². The summed E-state index contributed by atoms with van der Waals surface area (Å²) in [5, 5.41) is 8.80. The Morgan fingerprint density at radius 3 is 2.14 bits per heavy atom. The summed E-state index contributed by atoms with van der Waals surface area (Å²) < 4.78 is 0. The molecule has 0 aromatic heterocycles. The van der Waals surface area contributed by atoms with Crippen LogP contribution in [0, 0.1) is 0 Å². The summed E-state index contributed by atoms with van der Waals surface area (Å²) >= 11 is 0. The lowest BCUT2D eigenvalue weighted by molar-refractivity contribution is 0.0572. The zero-order chi connectivity index (χ0) is 5.91. The zero-order valence-corrected chi connectivity index (χ0v) is 4.94. The van der Waals surface area contributed by atoms with Crippen molar-refractivity contribution in [3.63, 3.8) is 0 Å². The van der Waals surface area contributed by atoms with E-state index in [4.69, 9.17) is 10.8 Å². The van der Waals surface area contributed by atoms with Crippen molar-refractivity contribution < 1.29 is 5.11 Å². The van der Waals surface area contributed by atoms with E-state index in [-0.39, 0.29) is 0 Å². The highest BCUT2D eigenvalue weighted by Crippen LogP contribution is 2.01. The third-order valence-corrected chi connectivity index (χ3v) is 0.756. The molecule has 0 aliphatic rings. The average molecular weight is 103 g/mol. The van der Waals surface area contributed by atoms with Crippen molar-refractivity contribution in [3.05, 3.63) is 0 Å². The van der Waals surface area contributed by atoms with E-state index < -0.39 is 5.72 Å². The Morgan fingerprint density at radius 2 is 2.14 bits per heavy atom. The van der Waals surface area contributed by atoms with Gasteiger partial charge in [-0.1, -0.05) is 13.3 Å². The molecule has 44 valence electrons. The highest BCUT2D eigenvalue weighted by atomic mass is 16.3. The van der Waals surface area contributed by atoms with Gasteiger partial charge in [0.15, 0.2) is 0 Å². The molecule has 0 aliphatic carbocycles. The third kappa shape index (κ3) is 5.92. The Hall–Kier alpha value is -0.0800. The second-order valence-electron chi connectivity index (χ2n) is 2.11. The van der Waals surface area contributed by atoms with Gasteiger partial charge in [-0.2, -0.15) is 0 Å². The van der Waals surface area contributed by atoms with Crippen LogP contribution >= 0.6 is 0 Å². The molecule has 0 rings (SSSR count). The van der Waals surface area contributed by atoms with Gasteiger partial charge >= 0.3 is 0 Å². The van der Waals surface area contributed by atoms with E-state index in [1.807, 2.05) is 6.92 Å². The van der Waals surface area contributed by atoms with Crippen molar-refractivity contribution in [3.8, 4) is 0 Å². The topological polar surface area (TPSA) is 46.2 Å². The van der Waals surface area contributed by atoms with Crippen LogP contribution in [-0.4, -0.2) is 10.8 Å². The Morgan fingerprint density at radius 1 is 1.71 bits per heavy atom. The monoisotopic (exact) mass is 103 g/mol. The van der Waals surface area contributed by atoms with Crippen LogP contribution in [-0.2, 0) is 0 Å². The molecular weight excluding hydrogens is 90.1 g/mol. The van der Waals surface area contributed by atoms with Crippen LogP contribution in [0.5, 0.6) is 0 Å². The normalized spacial score (nSPS) is 18.9. The summed E-state index contributed by atoms with van der Waals surface area (Å²) in [6.07, 6.45) is 1.61. The molecule has 0 heterocycles. The molecule has 0 fully saturated rings. The average Bonchev–Trinajstić information content (AvgIpc) is 1.30. The number of aliphatic hydroxyl groups is 1. The van der Waals surface area contributed by atoms with Crippen LogP contribution in [0.2, 0.25) is 0 Å². The van der Waals surface area contributed by atoms with Crippen molar-refractivity contribution in [1.82, 2.24) is 0 Å². The molecule has 0 aromatic carbocycles. The van der Waals surface area contributed by atoms with E-state index in [1.54, 1.807) is 6.92 Å². The molecule has 3 N–H and O–H groups in total. The van der Waals surface area contributed by atoms with Gasteiger partial charge in [-0.3, -0.25) is 0 Å². The van der Waals surface area contributed by atoms with Gasteiger partial charge in [0.25, 0.3) is 0 Å². The molecule has 0 unspecified atom stereocenters. The lowest BCUT2D eigenvalue weighted by Crippen LogP contribution is -2.34. The minimum absolute atomic E-state index is 0.674. The van der Waals surface area contributed by atoms with Gasteiger partial charge in [-0.15, -0.1) is 0 Å². The van der Waals surface area contributed by atoms with Crippen LogP contribution < -0.4 is 5.73 Å². The second-order valence-corrected chi connectivity index (χ2v) is 2.11. The zero-order valence-electron chi connectivity index (χ0n) is 4.94. The minimum atomic E-state index is -0.950. The van der Waals surface area contributed by atoms with Gasteiger partial charge in [-0.25, -0.2) is 0 Å². The van der Waals surface area contributed by atoms with Crippen LogP contribution in [0.25, 0.3) is 0 Å². The van der Waals surface area contributed by atoms with Gasteiger partial charge in [0.05, 0.1) is 0 Å². The minimum Gasteiger partial charge on any atom is -0.376 e. The first-order chi connectivity index (χ1) is 3.06. The fraction of sp³-hybridized carbons (Fsp3) is 1.00. The van der Waals surface area contributed by atoms with E-state index in [0.717, 1.165) is 6.42 Å². The summed E-state index contributed by atoms with van der Waals surface area (Å²) in [6, 6.07) is 0. The Bertz CT molecular complexity index is 46.5. The van der Waals surface area contributed by atoms with Crippen molar-refractivity contribution in [1.29, 1.82) is 0 Å². The van der Waals surface area contributed by atoms with Crippen molar-refractivity contribution >= 4 is 0 Å². The third-order valence-electron chi connectivity index (χ3n) is 0.756. The molecule has 0 saturated carbocycles. The van der Waals surface area contributed by atoms with E-state index in [9.17, 15) is 0 Å². The molecule has 0 aromatic rings. The highest BCUT2D eigenvalue weighted by molar-refractivity contribution is 4.59. The number of rotatable bonds is 2. The predicted molar refractivity (Wildman–Crippen MR) is 29.7 cm³/mol. The summed E-state index contributed by atoms with van der Waals surface area (Å²) in [5.41, 5.74) is 4.25. The molecule has 1 atom stereocenters. The van der Waals surface area contributed by atoms with E-state index in [2.05, 4.69) is 0 Å². The molecule has 0 saturated heterocycles. The molecular formula is C5H13NO. The van der Waals surface area contributed by atoms with E-state index in [1.165, 1.54) is 0 Å². The van der Waals surface area contributed by atoms with Gasteiger partial charge < -0.3 is 10.8 Å². The molecule has 0 radical (unpaired) electrons. The van der Waals surface area contributed by atoms with Crippen LogP contribution in [0.4, 0.5) is 0 Å². The Balaban J connectivity index is 3.15. The Labute approximate surface area is 44.3 Å². The Kier molecular flexibility index (Phi) is 2.26. The molecule has 2 nitrogen and oxygen atoms in total. The van der Waals surface area contributed by atoms with Crippen LogP contribution in [0.3, 0.4) is 0 Å². The van der Waals surface area contributed by atoms with Gasteiger partial charge in [0, 0.05) is 0 Å².